The van der Waals surface area contributed by atoms with Crippen LogP contribution in [0.3, 0.4) is 0 Å². The lowest BCUT2D eigenvalue weighted by atomic mass is 10.1. The van der Waals surface area contributed by atoms with Crippen molar-refractivity contribution in [3.63, 3.8) is 0 Å². The van der Waals surface area contributed by atoms with Gasteiger partial charge >= 0.3 is 11.9 Å². The van der Waals surface area contributed by atoms with Gasteiger partial charge in [-0.05, 0) is 36.9 Å². The Morgan fingerprint density at radius 2 is 1.96 bits per heavy atom. The van der Waals surface area contributed by atoms with Crippen molar-refractivity contribution >= 4 is 29.6 Å². The first-order chi connectivity index (χ1) is 11.1. The fourth-order valence-electron chi connectivity index (χ4n) is 2.20. The summed E-state index contributed by atoms with van der Waals surface area (Å²) in [6.07, 6.45) is 4.44. The number of thioether (sulfide) groups is 1. The van der Waals surface area contributed by atoms with Crippen molar-refractivity contribution in [1.29, 1.82) is 0 Å². The van der Waals surface area contributed by atoms with Gasteiger partial charge < -0.3 is 21.3 Å². The summed E-state index contributed by atoms with van der Waals surface area (Å²) >= 11 is 1.46. The summed E-state index contributed by atoms with van der Waals surface area (Å²) in [5.41, 5.74) is 5.28. The largest absolute Gasteiger partial charge is 0.480 e. The van der Waals surface area contributed by atoms with E-state index in [0.717, 1.165) is 25.0 Å². The number of hydrogen-bond donors (Lipinski definition) is 4. The van der Waals surface area contributed by atoms with Gasteiger partial charge in [-0.15, -0.1) is 0 Å². The molecular weight excluding hydrogens is 332 g/mol. The lowest BCUT2D eigenvalue weighted by Gasteiger charge is -2.08. The predicted molar refractivity (Wildman–Crippen MR) is 92.5 cm³/mol. The van der Waals surface area contributed by atoms with E-state index in [1.807, 2.05) is 13.8 Å². The van der Waals surface area contributed by atoms with Gasteiger partial charge in [0.15, 0.2) is 0 Å². The second-order valence-electron chi connectivity index (χ2n) is 6.67. The molecule has 8 heteroatoms. The quantitative estimate of drug-likeness (QED) is 0.325. The molecule has 0 aliphatic heterocycles. The molecule has 1 saturated carbocycles. The molecule has 2 atom stereocenters. The van der Waals surface area contributed by atoms with Crippen molar-refractivity contribution in [2.45, 2.75) is 45.6 Å². The van der Waals surface area contributed by atoms with Crippen LogP contribution in [-0.4, -0.2) is 45.6 Å². The van der Waals surface area contributed by atoms with Crippen molar-refractivity contribution in [3.8, 4) is 0 Å². The zero-order valence-electron chi connectivity index (χ0n) is 14.1. The molecule has 0 aromatic rings. The molecule has 7 nitrogen and oxygen atoms in total. The normalized spacial score (nSPS) is 20.3. The number of unbranched alkanes of at least 4 members (excludes halogenated alkanes) is 2. The lowest BCUT2D eigenvalue weighted by Crippen LogP contribution is -2.32. The second kappa shape index (κ2) is 9.08. The van der Waals surface area contributed by atoms with E-state index in [0.29, 0.717) is 12.2 Å². The SMILES string of the molecule is CC1(C)C[C@H]1C(=O)N/C(=C\CCCCSC[C@H](N)C(=O)O)C(=O)O. The van der Waals surface area contributed by atoms with E-state index in [1.54, 1.807) is 0 Å². The zero-order valence-corrected chi connectivity index (χ0v) is 14.9. The van der Waals surface area contributed by atoms with Crippen molar-refractivity contribution in [2.75, 3.05) is 11.5 Å². The summed E-state index contributed by atoms with van der Waals surface area (Å²) in [5.74, 6) is -1.37. The van der Waals surface area contributed by atoms with Gasteiger partial charge in [0.25, 0.3) is 0 Å². The third-order valence-corrected chi connectivity index (χ3v) is 5.20. The molecule has 0 aromatic carbocycles. The number of carboxylic acid groups (broad SMARTS) is 2. The topological polar surface area (TPSA) is 130 Å². The molecule has 1 aliphatic rings. The number of aliphatic carboxylic acids is 2. The van der Waals surface area contributed by atoms with Crippen LogP contribution in [0.15, 0.2) is 11.8 Å². The summed E-state index contributed by atoms with van der Waals surface area (Å²) in [4.78, 5) is 33.7. The molecule has 0 unspecified atom stereocenters. The Labute approximate surface area is 146 Å². The highest BCUT2D eigenvalue weighted by Crippen LogP contribution is 2.51. The summed E-state index contributed by atoms with van der Waals surface area (Å²) < 4.78 is 0. The van der Waals surface area contributed by atoms with Crippen LogP contribution < -0.4 is 11.1 Å². The summed E-state index contributed by atoms with van der Waals surface area (Å²) in [6.45, 7) is 3.96. The van der Waals surface area contributed by atoms with Crippen LogP contribution in [0.4, 0.5) is 0 Å². The van der Waals surface area contributed by atoms with Crippen LogP contribution in [0.1, 0.15) is 39.5 Å². The first kappa shape index (κ1) is 20.5. The highest BCUT2D eigenvalue weighted by Gasteiger charge is 2.50. The van der Waals surface area contributed by atoms with Gasteiger partial charge in [0, 0.05) is 11.7 Å². The van der Waals surface area contributed by atoms with Crippen LogP contribution in [0, 0.1) is 11.3 Å². The molecule has 0 aromatic heterocycles. The third-order valence-electron chi connectivity index (χ3n) is 4.02. The van der Waals surface area contributed by atoms with Crippen molar-refractivity contribution in [3.05, 3.63) is 11.8 Å². The van der Waals surface area contributed by atoms with E-state index in [4.69, 9.17) is 15.9 Å². The average Bonchev–Trinajstić information content (AvgIpc) is 3.13. The number of carbonyl (C=O) groups excluding carboxylic acids is 1. The molecule has 136 valence electrons. The van der Waals surface area contributed by atoms with Crippen LogP contribution in [0.25, 0.3) is 0 Å². The number of amides is 1. The fraction of sp³-hybridized carbons (Fsp3) is 0.688. The fourth-order valence-corrected chi connectivity index (χ4v) is 3.17. The number of rotatable bonds is 11. The lowest BCUT2D eigenvalue weighted by molar-refractivity contribution is -0.138. The molecule has 0 bridgehead atoms. The molecule has 0 heterocycles. The van der Waals surface area contributed by atoms with Gasteiger partial charge in [0.2, 0.25) is 5.91 Å². The number of allylic oxidation sites excluding steroid dienone is 1. The smallest absolute Gasteiger partial charge is 0.352 e. The third kappa shape index (κ3) is 6.92. The maximum atomic E-state index is 12.0. The Hall–Kier alpha value is -1.54. The first-order valence-corrected chi connectivity index (χ1v) is 9.11. The summed E-state index contributed by atoms with van der Waals surface area (Å²) in [5, 5.41) is 20.3. The van der Waals surface area contributed by atoms with Crippen molar-refractivity contribution in [1.82, 2.24) is 5.32 Å². The monoisotopic (exact) mass is 358 g/mol. The van der Waals surface area contributed by atoms with Gasteiger partial charge in [-0.2, -0.15) is 11.8 Å². The number of carbonyl (C=O) groups is 3. The van der Waals surface area contributed by atoms with E-state index in [1.165, 1.54) is 17.8 Å². The van der Waals surface area contributed by atoms with Crippen molar-refractivity contribution < 1.29 is 24.6 Å². The van der Waals surface area contributed by atoms with Gasteiger partial charge in [-0.1, -0.05) is 19.9 Å². The minimum Gasteiger partial charge on any atom is -0.480 e. The Balaban J connectivity index is 2.25. The molecular formula is C16H26N2O5S. The number of hydrogen-bond acceptors (Lipinski definition) is 5. The van der Waals surface area contributed by atoms with E-state index in [2.05, 4.69) is 5.32 Å². The number of carboxylic acids is 2. The maximum absolute atomic E-state index is 12.0. The molecule has 1 aliphatic carbocycles. The molecule has 0 spiro atoms. The van der Waals surface area contributed by atoms with Crippen LogP contribution in [0.2, 0.25) is 0 Å². The Morgan fingerprint density at radius 1 is 1.33 bits per heavy atom. The Morgan fingerprint density at radius 3 is 2.46 bits per heavy atom. The molecule has 1 amide bonds. The van der Waals surface area contributed by atoms with Crippen LogP contribution in [0.5, 0.6) is 0 Å². The molecule has 1 fully saturated rings. The Bertz CT molecular complexity index is 519. The van der Waals surface area contributed by atoms with Gasteiger partial charge in [-0.25, -0.2) is 4.79 Å². The highest BCUT2D eigenvalue weighted by molar-refractivity contribution is 7.99. The van der Waals surface area contributed by atoms with E-state index < -0.39 is 18.0 Å². The zero-order chi connectivity index (χ0) is 18.3. The predicted octanol–water partition coefficient (Wildman–Crippen LogP) is 1.43. The number of nitrogens with one attached hydrogen (secondary N) is 1. The van der Waals surface area contributed by atoms with Crippen LogP contribution in [-0.2, 0) is 14.4 Å². The molecule has 24 heavy (non-hydrogen) atoms. The highest BCUT2D eigenvalue weighted by atomic mass is 32.2. The van der Waals surface area contributed by atoms with Gasteiger partial charge in [0.1, 0.15) is 11.7 Å². The van der Waals surface area contributed by atoms with Gasteiger partial charge in [-0.3, -0.25) is 9.59 Å². The molecule has 5 N–H and O–H groups in total. The molecule has 0 saturated heterocycles. The molecule has 1 rings (SSSR count). The minimum atomic E-state index is -1.14. The standard InChI is InChI=1S/C16H26N2O5S/c1-16(2)8-10(16)13(19)18-12(15(22)23)6-4-3-5-7-24-9-11(17)14(20)21/h6,10-11H,3-5,7-9,17H2,1-2H3,(H,18,19)(H,20,21)(H,22,23)/b12-6-/t10-,11-/m0/s1. The van der Waals surface area contributed by atoms with Crippen LogP contribution >= 0.6 is 11.8 Å². The Kier molecular flexibility index (Phi) is 7.75. The van der Waals surface area contributed by atoms with Gasteiger partial charge in [0.05, 0.1) is 0 Å². The number of nitrogens with two attached hydrogens (primary N) is 1. The summed E-state index contributed by atoms with van der Waals surface area (Å²) in [6, 6.07) is -0.851. The second-order valence-corrected chi connectivity index (χ2v) is 7.82. The summed E-state index contributed by atoms with van der Waals surface area (Å²) in [7, 11) is 0. The molecule has 0 radical (unpaired) electrons. The van der Waals surface area contributed by atoms with Crippen molar-refractivity contribution in [2.24, 2.45) is 17.1 Å². The maximum Gasteiger partial charge on any atom is 0.352 e. The van der Waals surface area contributed by atoms with E-state index >= 15 is 0 Å². The van der Waals surface area contributed by atoms with E-state index in [9.17, 15) is 14.4 Å². The first-order valence-electron chi connectivity index (χ1n) is 7.95. The van der Waals surface area contributed by atoms with E-state index in [-0.39, 0.29) is 22.9 Å². The minimum absolute atomic E-state index is 0.0400. The average molecular weight is 358 g/mol.